The average Bonchev–Trinajstić information content (AvgIpc) is 2.67. The van der Waals surface area contributed by atoms with Gasteiger partial charge in [0.05, 0.1) is 12.4 Å². The Morgan fingerprint density at radius 2 is 2.29 bits per heavy atom. The predicted molar refractivity (Wildman–Crippen MR) is 50.1 cm³/mol. The van der Waals surface area contributed by atoms with Gasteiger partial charge in [-0.2, -0.15) is 10.3 Å². The van der Waals surface area contributed by atoms with E-state index in [4.69, 9.17) is 0 Å². The zero-order valence-electron chi connectivity index (χ0n) is 7.14. The van der Waals surface area contributed by atoms with E-state index in [1.807, 2.05) is 0 Å². The fraction of sp³-hybridized carbons (Fsp3) is 0.125. The van der Waals surface area contributed by atoms with Gasteiger partial charge in [-0.25, -0.2) is 4.39 Å². The number of hydrogen-bond acceptors (Lipinski definition) is 4. The summed E-state index contributed by atoms with van der Waals surface area (Å²) in [7, 11) is 0. The lowest BCUT2D eigenvalue weighted by Gasteiger charge is -1.97. The molecule has 0 saturated heterocycles. The first kappa shape index (κ1) is 9.14. The average molecular weight is 210 g/mol. The van der Waals surface area contributed by atoms with Crippen molar-refractivity contribution in [2.24, 2.45) is 0 Å². The number of aromatic nitrogens is 4. The number of hydrogen-bond donors (Lipinski definition) is 1. The molecule has 4 nitrogen and oxygen atoms in total. The van der Waals surface area contributed by atoms with E-state index in [0.29, 0.717) is 5.75 Å². The molecule has 6 heteroatoms. The van der Waals surface area contributed by atoms with Gasteiger partial charge in [0.2, 0.25) is 0 Å². The summed E-state index contributed by atoms with van der Waals surface area (Å²) in [6, 6.07) is 1.46. The van der Waals surface area contributed by atoms with E-state index >= 15 is 0 Å². The van der Waals surface area contributed by atoms with Gasteiger partial charge < -0.3 is 0 Å². The van der Waals surface area contributed by atoms with Crippen LogP contribution in [0.5, 0.6) is 0 Å². The molecule has 0 aliphatic heterocycles. The lowest BCUT2D eigenvalue weighted by Crippen LogP contribution is -1.85. The summed E-state index contributed by atoms with van der Waals surface area (Å²) in [6.07, 6.45) is 4.44. The Morgan fingerprint density at radius 3 is 3.00 bits per heavy atom. The Morgan fingerprint density at radius 1 is 1.36 bits per heavy atom. The number of aromatic amines is 1. The molecule has 0 aliphatic rings. The molecule has 0 bridgehead atoms. The third-order valence-electron chi connectivity index (χ3n) is 1.54. The van der Waals surface area contributed by atoms with Gasteiger partial charge in [-0.15, -0.1) is 5.10 Å². The molecule has 0 radical (unpaired) electrons. The zero-order valence-corrected chi connectivity index (χ0v) is 7.96. The van der Waals surface area contributed by atoms with E-state index < -0.39 is 0 Å². The van der Waals surface area contributed by atoms with Crippen LogP contribution in [0.3, 0.4) is 0 Å². The Balaban J connectivity index is 1.98. The lowest BCUT2D eigenvalue weighted by atomic mass is 10.3. The van der Waals surface area contributed by atoms with Gasteiger partial charge in [-0.3, -0.25) is 4.98 Å². The number of H-pyrrole nitrogens is 1. The van der Waals surface area contributed by atoms with Crippen LogP contribution in [0.25, 0.3) is 0 Å². The molecule has 0 aromatic carbocycles. The minimum atomic E-state index is -0.316. The van der Waals surface area contributed by atoms with Crippen molar-refractivity contribution >= 4 is 11.8 Å². The molecule has 0 fully saturated rings. The van der Waals surface area contributed by atoms with Crippen LogP contribution >= 0.6 is 11.8 Å². The summed E-state index contributed by atoms with van der Waals surface area (Å²) in [6.45, 7) is 0. The molecule has 0 amide bonds. The molecule has 0 atom stereocenters. The first-order valence-corrected chi connectivity index (χ1v) is 4.91. The Labute approximate surface area is 83.9 Å². The second kappa shape index (κ2) is 4.19. The van der Waals surface area contributed by atoms with Gasteiger partial charge in [0.1, 0.15) is 10.8 Å². The Hall–Kier alpha value is -1.43. The summed E-state index contributed by atoms with van der Waals surface area (Å²) in [5, 5.41) is 10.8. The van der Waals surface area contributed by atoms with E-state index in [1.165, 1.54) is 24.0 Å². The highest BCUT2D eigenvalue weighted by Crippen LogP contribution is 2.18. The smallest absolute Gasteiger partial charge is 0.141 e. The van der Waals surface area contributed by atoms with Crippen LogP contribution in [0.1, 0.15) is 5.56 Å². The molecule has 0 spiro atoms. The second-order valence-electron chi connectivity index (χ2n) is 2.61. The van der Waals surface area contributed by atoms with Crippen molar-refractivity contribution in [2.45, 2.75) is 10.8 Å². The highest BCUT2D eigenvalue weighted by Gasteiger charge is 1.99. The first-order chi connectivity index (χ1) is 6.84. The van der Waals surface area contributed by atoms with E-state index in [-0.39, 0.29) is 5.82 Å². The number of halogens is 1. The fourth-order valence-corrected chi connectivity index (χ4v) is 1.66. The van der Waals surface area contributed by atoms with Gasteiger partial charge >= 0.3 is 0 Å². The maximum Gasteiger partial charge on any atom is 0.141 e. The summed E-state index contributed by atoms with van der Waals surface area (Å²) in [5.41, 5.74) is 0.831. The third-order valence-corrected chi connectivity index (χ3v) is 2.51. The van der Waals surface area contributed by atoms with Crippen LogP contribution in [0, 0.1) is 5.82 Å². The largest absolute Gasteiger partial charge is 0.261 e. The van der Waals surface area contributed by atoms with Crippen LogP contribution in [-0.2, 0) is 5.75 Å². The molecule has 2 heterocycles. The molecule has 2 rings (SSSR count). The molecule has 2 aromatic heterocycles. The molecule has 0 saturated carbocycles. The maximum atomic E-state index is 12.7. The van der Waals surface area contributed by atoms with Crippen molar-refractivity contribution in [1.82, 2.24) is 20.4 Å². The van der Waals surface area contributed by atoms with Gasteiger partial charge in [-0.1, -0.05) is 11.8 Å². The van der Waals surface area contributed by atoms with Gasteiger partial charge in [0.25, 0.3) is 0 Å². The van der Waals surface area contributed by atoms with E-state index in [1.54, 1.807) is 12.4 Å². The maximum absolute atomic E-state index is 12.7. The van der Waals surface area contributed by atoms with Crippen molar-refractivity contribution in [3.05, 3.63) is 36.0 Å². The van der Waals surface area contributed by atoms with Crippen LogP contribution in [-0.4, -0.2) is 20.4 Å². The zero-order chi connectivity index (χ0) is 9.80. The third kappa shape index (κ3) is 2.29. The van der Waals surface area contributed by atoms with E-state index in [0.717, 1.165) is 10.6 Å². The summed E-state index contributed by atoms with van der Waals surface area (Å²) < 4.78 is 12.7. The van der Waals surface area contributed by atoms with Crippen LogP contribution in [0.4, 0.5) is 4.39 Å². The highest BCUT2D eigenvalue weighted by molar-refractivity contribution is 7.98. The van der Waals surface area contributed by atoms with Gasteiger partial charge in [0, 0.05) is 11.9 Å². The van der Waals surface area contributed by atoms with Gasteiger partial charge in [0.15, 0.2) is 0 Å². The molecule has 14 heavy (non-hydrogen) atoms. The van der Waals surface area contributed by atoms with E-state index in [9.17, 15) is 4.39 Å². The normalized spacial score (nSPS) is 10.4. The monoisotopic (exact) mass is 210 g/mol. The van der Waals surface area contributed by atoms with Crippen molar-refractivity contribution < 1.29 is 4.39 Å². The number of nitrogens with one attached hydrogen (secondary N) is 1. The molecule has 0 unspecified atom stereocenters. The van der Waals surface area contributed by atoms with Crippen LogP contribution in [0.15, 0.2) is 29.7 Å². The van der Waals surface area contributed by atoms with Crippen LogP contribution < -0.4 is 0 Å². The minimum absolute atomic E-state index is 0.316. The quantitative estimate of drug-likeness (QED) is 0.782. The molecular formula is C8H7FN4S. The fourth-order valence-electron chi connectivity index (χ4n) is 0.953. The van der Waals surface area contributed by atoms with Crippen molar-refractivity contribution in [3.63, 3.8) is 0 Å². The minimum Gasteiger partial charge on any atom is -0.261 e. The number of nitrogens with zero attached hydrogens (tertiary/aromatic N) is 3. The predicted octanol–water partition coefficient (Wildman–Crippen LogP) is 1.63. The molecule has 1 N–H and O–H groups in total. The standard InChI is InChI=1S/C8H7FN4S/c9-7-1-6(2-10-3-7)5-14-8-4-11-13-12-8/h1-4H,5H2,(H,11,12,13). The molecule has 72 valence electrons. The van der Waals surface area contributed by atoms with Crippen molar-refractivity contribution in [2.75, 3.05) is 0 Å². The number of thioether (sulfide) groups is 1. The first-order valence-electron chi connectivity index (χ1n) is 3.92. The van der Waals surface area contributed by atoms with E-state index in [2.05, 4.69) is 20.4 Å². The second-order valence-corrected chi connectivity index (χ2v) is 3.60. The Bertz CT molecular complexity index is 403. The SMILES string of the molecule is Fc1cncc(CSc2cn[nH]n2)c1. The molecular weight excluding hydrogens is 203 g/mol. The summed E-state index contributed by atoms with van der Waals surface area (Å²) in [5.74, 6) is 0.320. The van der Waals surface area contributed by atoms with Gasteiger partial charge in [-0.05, 0) is 11.6 Å². The number of pyridine rings is 1. The lowest BCUT2D eigenvalue weighted by molar-refractivity contribution is 0.619. The van der Waals surface area contributed by atoms with Crippen molar-refractivity contribution in [3.8, 4) is 0 Å². The Kier molecular flexibility index (Phi) is 2.73. The molecule has 0 aliphatic carbocycles. The highest BCUT2D eigenvalue weighted by atomic mass is 32.2. The topological polar surface area (TPSA) is 54.5 Å². The summed E-state index contributed by atoms with van der Waals surface area (Å²) >= 11 is 1.48. The molecule has 2 aromatic rings. The van der Waals surface area contributed by atoms with Crippen molar-refractivity contribution in [1.29, 1.82) is 0 Å². The van der Waals surface area contributed by atoms with Crippen LogP contribution in [0.2, 0.25) is 0 Å². The summed E-state index contributed by atoms with van der Waals surface area (Å²) in [4.78, 5) is 3.75. The number of rotatable bonds is 3.